The van der Waals surface area contributed by atoms with Crippen molar-refractivity contribution in [3.63, 3.8) is 0 Å². The molecule has 1 aromatic rings. The zero-order chi connectivity index (χ0) is 15.7. The van der Waals surface area contributed by atoms with Crippen LogP contribution in [0.15, 0.2) is 24.3 Å². The van der Waals surface area contributed by atoms with Crippen molar-refractivity contribution in [1.82, 2.24) is 10.2 Å². The Balaban J connectivity index is 1.72. The van der Waals surface area contributed by atoms with Crippen LogP contribution in [0.2, 0.25) is 0 Å². The van der Waals surface area contributed by atoms with Gasteiger partial charge in [-0.2, -0.15) is 0 Å². The maximum Gasteiger partial charge on any atom is 0.325 e. The summed E-state index contributed by atoms with van der Waals surface area (Å²) in [6, 6.07) is 7.86. The summed E-state index contributed by atoms with van der Waals surface area (Å²) in [5.41, 5.74) is 1.44. The maximum atomic E-state index is 12.2. The zero-order valence-corrected chi connectivity index (χ0v) is 13.1. The lowest BCUT2D eigenvalue weighted by atomic mass is 10.1. The molecule has 22 heavy (non-hydrogen) atoms. The Kier molecular flexibility index (Phi) is 3.68. The van der Waals surface area contributed by atoms with Gasteiger partial charge in [0.05, 0.1) is 11.4 Å². The van der Waals surface area contributed by atoms with E-state index in [-0.39, 0.29) is 11.9 Å². The first-order valence-corrected chi connectivity index (χ1v) is 7.71. The molecule has 2 N–H and O–H groups in total. The van der Waals surface area contributed by atoms with Crippen LogP contribution in [0.3, 0.4) is 0 Å². The second-order valence-electron chi connectivity index (χ2n) is 6.30. The molecule has 2 aliphatic rings. The molecular formula is C16H22N4O2. The molecule has 1 fully saturated rings. The summed E-state index contributed by atoms with van der Waals surface area (Å²) >= 11 is 0. The van der Waals surface area contributed by atoms with Gasteiger partial charge < -0.3 is 15.5 Å². The molecule has 118 valence electrons. The third-order valence-electron chi connectivity index (χ3n) is 4.20. The minimum absolute atomic E-state index is 0.154. The van der Waals surface area contributed by atoms with Crippen LogP contribution in [-0.4, -0.2) is 48.6 Å². The molecular weight excluding hydrogens is 280 g/mol. The number of para-hydroxylation sites is 2. The van der Waals surface area contributed by atoms with Crippen LogP contribution in [0.1, 0.15) is 20.3 Å². The van der Waals surface area contributed by atoms with Gasteiger partial charge in [0, 0.05) is 26.2 Å². The quantitative estimate of drug-likeness (QED) is 0.833. The number of carbonyl (C=O) groups excluding carboxylic acids is 2. The van der Waals surface area contributed by atoms with E-state index >= 15 is 0 Å². The van der Waals surface area contributed by atoms with E-state index in [0.717, 1.165) is 30.9 Å². The van der Waals surface area contributed by atoms with Crippen molar-refractivity contribution in [3.05, 3.63) is 24.3 Å². The number of rotatable bonds is 3. The molecule has 0 spiro atoms. The number of hydrogen-bond donors (Lipinski definition) is 2. The van der Waals surface area contributed by atoms with Crippen molar-refractivity contribution in [2.45, 2.75) is 25.8 Å². The van der Waals surface area contributed by atoms with Gasteiger partial charge in [0.25, 0.3) is 5.91 Å². The van der Waals surface area contributed by atoms with Crippen LogP contribution >= 0.6 is 0 Å². The average molecular weight is 302 g/mol. The van der Waals surface area contributed by atoms with E-state index in [1.807, 2.05) is 12.1 Å². The van der Waals surface area contributed by atoms with Gasteiger partial charge in [0.1, 0.15) is 5.54 Å². The molecule has 2 aliphatic heterocycles. The molecule has 0 atom stereocenters. The zero-order valence-electron chi connectivity index (χ0n) is 13.1. The highest BCUT2D eigenvalue weighted by Crippen LogP contribution is 2.28. The highest BCUT2D eigenvalue weighted by Gasteiger charge is 2.44. The van der Waals surface area contributed by atoms with Crippen LogP contribution in [0.5, 0.6) is 0 Å². The standard InChI is InChI=1S/C16H22N4O2/c1-16(2)14(21)20(15(22)18-16)11-10-19-9-5-8-17-12-6-3-4-7-13(12)19/h3-4,6-7,17H,5,8-11H2,1-2H3,(H,18,22). The van der Waals surface area contributed by atoms with Crippen molar-refractivity contribution in [3.8, 4) is 0 Å². The number of benzene rings is 1. The first kappa shape index (κ1) is 14.7. The van der Waals surface area contributed by atoms with Crippen molar-refractivity contribution in [1.29, 1.82) is 0 Å². The SMILES string of the molecule is CC1(C)NC(=O)N(CCN2CCCNc3ccccc32)C1=O. The summed E-state index contributed by atoms with van der Waals surface area (Å²) in [7, 11) is 0. The highest BCUT2D eigenvalue weighted by atomic mass is 16.2. The number of carbonyl (C=O) groups is 2. The fourth-order valence-corrected chi connectivity index (χ4v) is 2.99. The Labute approximate surface area is 130 Å². The number of hydrogen-bond acceptors (Lipinski definition) is 4. The van der Waals surface area contributed by atoms with Gasteiger partial charge in [0.2, 0.25) is 0 Å². The Bertz CT molecular complexity index is 600. The largest absolute Gasteiger partial charge is 0.383 e. The van der Waals surface area contributed by atoms with Crippen molar-refractivity contribution >= 4 is 23.3 Å². The predicted octanol–water partition coefficient (Wildman–Crippen LogP) is 1.64. The first-order valence-electron chi connectivity index (χ1n) is 7.71. The van der Waals surface area contributed by atoms with Gasteiger partial charge in [0.15, 0.2) is 0 Å². The van der Waals surface area contributed by atoms with Gasteiger partial charge in [-0.25, -0.2) is 4.79 Å². The summed E-state index contributed by atoms with van der Waals surface area (Å²) in [4.78, 5) is 27.7. The summed E-state index contributed by atoms with van der Waals surface area (Å²) in [6.45, 7) is 6.37. The summed E-state index contributed by atoms with van der Waals surface area (Å²) in [5.74, 6) is -0.154. The number of amides is 3. The van der Waals surface area contributed by atoms with Gasteiger partial charge >= 0.3 is 6.03 Å². The van der Waals surface area contributed by atoms with E-state index < -0.39 is 5.54 Å². The second-order valence-corrected chi connectivity index (χ2v) is 6.30. The lowest BCUT2D eigenvalue weighted by Gasteiger charge is -2.26. The number of anilines is 2. The molecule has 6 nitrogen and oxygen atoms in total. The highest BCUT2D eigenvalue weighted by molar-refractivity contribution is 6.06. The molecule has 0 radical (unpaired) electrons. The van der Waals surface area contributed by atoms with E-state index in [0.29, 0.717) is 13.1 Å². The predicted molar refractivity (Wildman–Crippen MR) is 86.1 cm³/mol. The van der Waals surface area contributed by atoms with Crippen molar-refractivity contribution in [2.75, 3.05) is 36.4 Å². The van der Waals surface area contributed by atoms with Crippen LogP contribution < -0.4 is 15.5 Å². The lowest BCUT2D eigenvalue weighted by Crippen LogP contribution is -2.42. The molecule has 2 heterocycles. The van der Waals surface area contributed by atoms with Crippen molar-refractivity contribution in [2.24, 2.45) is 0 Å². The number of fused-ring (bicyclic) bond motifs is 1. The van der Waals surface area contributed by atoms with E-state index in [1.165, 1.54) is 4.90 Å². The molecule has 0 bridgehead atoms. The Morgan fingerprint density at radius 3 is 2.68 bits per heavy atom. The molecule has 0 saturated carbocycles. The number of nitrogens with one attached hydrogen (secondary N) is 2. The Morgan fingerprint density at radius 2 is 1.95 bits per heavy atom. The van der Waals surface area contributed by atoms with E-state index in [1.54, 1.807) is 13.8 Å². The van der Waals surface area contributed by atoms with Crippen LogP contribution in [0, 0.1) is 0 Å². The molecule has 1 aromatic carbocycles. The van der Waals surface area contributed by atoms with Crippen molar-refractivity contribution < 1.29 is 9.59 Å². The fourth-order valence-electron chi connectivity index (χ4n) is 2.99. The van der Waals surface area contributed by atoms with E-state index in [9.17, 15) is 9.59 Å². The molecule has 0 aliphatic carbocycles. The Hall–Kier alpha value is -2.24. The topological polar surface area (TPSA) is 64.7 Å². The molecule has 3 rings (SSSR count). The summed E-state index contributed by atoms with van der Waals surface area (Å²) in [5, 5.41) is 6.13. The van der Waals surface area contributed by atoms with Crippen LogP contribution in [0.25, 0.3) is 0 Å². The summed E-state index contributed by atoms with van der Waals surface area (Å²) in [6.07, 6.45) is 1.03. The molecule has 0 unspecified atom stereocenters. The van der Waals surface area contributed by atoms with Gasteiger partial charge in [-0.3, -0.25) is 9.69 Å². The van der Waals surface area contributed by atoms with Gasteiger partial charge in [-0.05, 0) is 32.4 Å². The fraction of sp³-hybridized carbons (Fsp3) is 0.500. The minimum atomic E-state index is -0.796. The Morgan fingerprint density at radius 1 is 1.18 bits per heavy atom. The first-order chi connectivity index (χ1) is 10.5. The lowest BCUT2D eigenvalue weighted by molar-refractivity contribution is -0.130. The average Bonchev–Trinajstić information content (AvgIpc) is 2.64. The van der Waals surface area contributed by atoms with Crippen LogP contribution in [0.4, 0.5) is 16.2 Å². The van der Waals surface area contributed by atoms with E-state index in [2.05, 4.69) is 27.7 Å². The third-order valence-corrected chi connectivity index (χ3v) is 4.20. The molecule has 3 amide bonds. The maximum absolute atomic E-state index is 12.2. The second kappa shape index (κ2) is 5.51. The molecule has 1 saturated heterocycles. The molecule has 0 aromatic heterocycles. The van der Waals surface area contributed by atoms with Gasteiger partial charge in [-0.1, -0.05) is 12.1 Å². The summed E-state index contributed by atoms with van der Waals surface area (Å²) < 4.78 is 0. The number of imide groups is 1. The number of urea groups is 1. The number of nitrogens with zero attached hydrogens (tertiary/aromatic N) is 2. The van der Waals surface area contributed by atoms with Gasteiger partial charge in [-0.15, -0.1) is 0 Å². The normalized spacial score (nSPS) is 20.3. The van der Waals surface area contributed by atoms with E-state index in [4.69, 9.17) is 0 Å². The third kappa shape index (κ3) is 2.61. The smallest absolute Gasteiger partial charge is 0.325 e. The van der Waals surface area contributed by atoms with Crippen LogP contribution in [-0.2, 0) is 4.79 Å². The molecule has 6 heteroatoms. The minimum Gasteiger partial charge on any atom is -0.383 e. The monoisotopic (exact) mass is 302 g/mol.